The molecule has 110 valence electrons. The lowest BCUT2D eigenvalue weighted by molar-refractivity contribution is 0.118. The Kier molecular flexibility index (Phi) is 6.23. The van der Waals surface area contributed by atoms with Crippen LogP contribution in [0.15, 0.2) is 54.6 Å². The molecule has 0 N–H and O–H groups in total. The molecular weight excluding hydrogens is 256 g/mol. The highest BCUT2D eigenvalue weighted by Crippen LogP contribution is 2.21. The van der Waals surface area contributed by atoms with E-state index in [1.54, 1.807) is 0 Å². The molecule has 1 nitrogen and oxygen atoms in total. The van der Waals surface area contributed by atoms with Crippen molar-refractivity contribution in [2.24, 2.45) is 0 Å². The predicted molar refractivity (Wildman–Crippen MR) is 91.2 cm³/mol. The van der Waals surface area contributed by atoms with Gasteiger partial charge in [0.1, 0.15) is 0 Å². The average molecular weight is 280 g/mol. The molecule has 0 amide bonds. The highest BCUT2D eigenvalue weighted by Gasteiger charge is 1.99. The summed E-state index contributed by atoms with van der Waals surface area (Å²) in [5.41, 5.74) is 4.98. The first kappa shape index (κ1) is 15.5. The molecule has 21 heavy (non-hydrogen) atoms. The molecule has 0 fully saturated rings. The number of benzene rings is 2. The molecule has 1 heteroatoms. The van der Waals surface area contributed by atoms with E-state index in [0.717, 1.165) is 13.0 Å². The summed E-state index contributed by atoms with van der Waals surface area (Å²) in [4.78, 5) is 0. The third kappa shape index (κ3) is 4.87. The van der Waals surface area contributed by atoms with E-state index in [4.69, 9.17) is 4.74 Å². The van der Waals surface area contributed by atoms with Crippen LogP contribution in [0.4, 0.5) is 0 Å². The molecule has 0 unspecified atom stereocenters. The molecule has 0 heterocycles. The summed E-state index contributed by atoms with van der Waals surface area (Å²) in [6.45, 7) is 5.78. The van der Waals surface area contributed by atoms with Gasteiger partial charge in [-0.2, -0.15) is 0 Å². The van der Waals surface area contributed by atoms with E-state index in [2.05, 4.69) is 67.6 Å². The number of unbranched alkanes of at least 4 members (excludes halogenated alkanes) is 1. The minimum absolute atomic E-state index is 0.709. The van der Waals surface area contributed by atoms with E-state index in [0.29, 0.717) is 6.61 Å². The van der Waals surface area contributed by atoms with E-state index in [1.165, 1.54) is 28.7 Å². The Balaban J connectivity index is 1.97. The van der Waals surface area contributed by atoms with Crippen molar-refractivity contribution in [1.29, 1.82) is 0 Å². The summed E-state index contributed by atoms with van der Waals surface area (Å²) in [5, 5.41) is 0. The Labute approximate surface area is 128 Å². The standard InChI is InChI=1S/C20H24O/c1-3-5-15-21-16-18-9-13-20(14-10-18)19-11-7-17(6-4-2)8-12-19/h4,6-14H,3,5,15-16H2,1-2H3/b6-4-. The van der Waals surface area contributed by atoms with Crippen molar-refractivity contribution in [2.45, 2.75) is 33.3 Å². The Hall–Kier alpha value is -1.86. The third-order valence-corrected chi connectivity index (χ3v) is 3.47. The van der Waals surface area contributed by atoms with Gasteiger partial charge in [0.15, 0.2) is 0 Å². The lowest BCUT2D eigenvalue weighted by Crippen LogP contribution is -1.94. The second kappa shape index (κ2) is 8.43. The first-order valence-corrected chi connectivity index (χ1v) is 7.73. The molecule has 0 aliphatic heterocycles. The summed E-state index contributed by atoms with van der Waals surface area (Å²) in [6, 6.07) is 17.3. The minimum atomic E-state index is 0.709. The Morgan fingerprint density at radius 2 is 1.52 bits per heavy atom. The fourth-order valence-electron chi connectivity index (χ4n) is 2.21. The molecule has 0 radical (unpaired) electrons. The fourth-order valence-corrected chi connectivity index (χ4v) is 2.21. The van der Waals surface area contributed by atoms with Gasteiger partial charge < -0.3 is 4.74 Å². The van der Waals surface area contributed by atoms with Gasteiger partial charge in [0, 0.05) is 6.61 Å². The molecule has 0 atom stereocenters. The summed E-state index contributed by atoms with van der Waals surface area (Å²) in [6.07, 6.45) is 6.49. The van der Waals surface area contributed by atoms with E-state index in [9.17, 15) is 0 Å². The van der Waals surface area contributed by atoms with Gasteiger partial charge in [-0.25, -0.2) is 0 Å². The summed E-state index contributed by atoms with van der Waals surface area (Å²) >= 11 is 0. The van der Waals surface area contributed by atoms with E-state index in [-0.39, 0.29) is 0 Å². The summed E-state index contributed by atoms with van der Waals surface area (Å²) < 4.78 is 5.64. The predicted octanol–water partition coefficient (Wildman–Crippen LogP) is 5.70. The van der Waals surface area contributed by atoms with Crippen LogP contribution in [-0.2, 0) is 11.3 Å². The highest BCUT2D eigenvalue weighted by molar-refractivity contribution is 5.65. The number of ether oxygens (including phenoxy) is 1. The second-order valence-corrected chi connectivity index (χ2v) is 5.23. The maximum atomic E-state index is 5.64. The van der Waals surface area contributed by atoms with Gasteiger partial charge in [-0.1, -0.05) is 74.0 Å². The monoisotopic (exact) mass is 280 g/mol. The van der Waals surface area contributed by atoms with Crippen LogP contribution < -0.4 is 0 Å². The quantitative estimate of drug-likeness (QED) is 0.591. The summed E-state index contributed by atoms with van der Waals surface area (Å²) in [5.74, 6) is 0. The molecule has 0 spiro atoms. The summed E-state index contributed by atoms with van der Waals surface area (Å²) in [7, 11) is 0. The van der Waals surface area contributed by atoms with E-state index < -0.39 is 0 Å². The number of hydrogen-bond donors (Lipinski definition) is 0. The molecule has 0 aromatic heterocycles. The van der Waals surface area contributed by atoms with Crippen LogP contribution in [0.5, 0.6) is 0 Å². The van der Waals surface area contributed by atoms with Crippen LogP contribution in [0, 0.1) is 0 Å². The minimum Gasteiger partial charge on any atom is -0.377 e. The van der Waals surface area contributed by atoms with Crippen molar-refractivity contribution in [2.75, 3.05) is 6.61 Å². The fraction of sp³-hybridized carbons (Fsp3) is 0.300. The van der Waals surface area contributed by atoms with Gasteiger partial charge in [0.05, 0.1) is 6.61 Å². The first-order chi connectivity index (χ1) is 10.3. The van der Waals surface area contributed by atoms with Gasteiger partial charge >= 0.3 is 0 Å². The number of rotatable bonds is 7. The Bertz CT molecular complexity index is 549. The van der Waals surface area contributed by atoms with Crippen molar-refractivity contribution >= 4 is 6.08 Å². The van der Waals surface area contributed by atoms with Gasteiger partial charge in [-0.15, -0.1) is 0 Å². The highest BCUT2D eigenvalue weighted by atomic mass is 16.5. The SMILES string of the molecule is C/C=C\c1ccc(-c2ccc(COCCCC)cc2)cc1. The topological polar surface area (TPSA) is 9.23 Å². The van der Waals surface area contributed by atoms with Crippen LogP contribution in [-0.4, -0.2) is 6.61 Å². The average Bonchev–Trinajstić information content (AvgIpc) is 2.53. The number of hydrogen-bond acceptors (Lipinski definition) is 1. The molecule has 0 bridgehead atoms. The van der Waals surface area contributed by atoms with Gasteiger partial charge in [-0.05, 0) is 35.6 Å². The van der Waals surface area contributed by atoms with E-state index in [1.807, 2.05) is 6.92 Å². The maximum absolute atomic E-state index is 5.64. The van der Waals surface area contributed by atoms with Crippen LogP contribution in [0.2, 0.25) is 0 Å². The molecule has 0 aliphatic carbocycles. The lowest BCUT2D eigenvalue weighted by Gasteiger charge is -2.06. The van der Waals surface area contributed by atoms with Crippen molar-refractivity contribution in [3.63, 3.8) is 0 Å². The van der Waals surface area contributed by atoms with Gasteiger partial charge in [0.2, 0.25) is 0 Å². The van der Waals surface area contributed by atoms with Crippen LogP contribution >= 0.6 is 0 Å². The Morgan fingerprint density at radius 1 is 0.905 bits per heavy atom. The maximum Gasteiger partial charge on any atom is 0.0716 e. The molecule has 2 aromatic carbocycles. The third-order valence-electron chi connectivity index (χ3n) is 3.47. The lowest BCUT2D eigenvalue weighted by atomic mass is 10.0. The first-order valence-electron chi connectivity index (χ1n) is 7.73. The molecule has 2 aromatic rings. The zero-order chi connectivity index (χ0) is 14.9. The van der Waals surface area contributed by atoms with Gasteiger partial charge in [-0.3, -0.25) is 0 Å². The van der Waals surface area contributed by atoms with Crippen molar-refractivity contribution in [3.05, 3.63) is 65.7 Å². The van der Waals surface area contributed by atoms with Gasteiger partial charge in [0.25, 0.3) is 0 Å². The van der Waals surface area contributed by atoms with E-state index >= 15 is 0 Å². The van der Waals surface area contributed by atoms with Crippen LogP contribution in [0.3, 0.4) is 0 Å². The molecular formula is C20H24O. The van der Waals surface area contributed by atoms with Crippen LogP contribution in [0.25, 0.3) is 17.2 Å². The van der Waals surface area contributed by atoms with Crippen molar-refractivity contribution in [1.82, 2.24) is 0 Å². The zero-order valence-corrected chi connectivity index (χ0v) is 13.0. The molecule has 0 saturated carbocycles. The largest absolute Gasteiger partial charge is 0.377 e. The normalized spacial score (nSPS) is 11.1. The Morgan fingerprint density at radius 3 is 2.10 bits per heavy atom. The number of allylic oxidation sites excluding steroid dienone is 1. The zero-order valence-electron chi connectivity index (χ0n) is 13.0. The van der Waals surface area contributed by atoms with Crippen molar-refractivity contribution < 1.29 is 4.74 Å². The molecule has 0 aliphatic rings. The molecule has 0 saturated heterocycles. The molecule has 2 rings (SSSR count). The second-order valence-electron chi connectivity index (χ2n) is 5.23. The smallest absolute Gasteiger partial charge is 0.0716 e. The van der Waals surface area contributed by atoms with Crippen molar-refractivity contribution in [3.8, 4) is 11.1 Å². The van der Waals surface area contributed by atoms with Crippen LogP contribution in [0.1, 0.15) is 37.8 Å².